The molecule has 0 aliphatic heterocycles. The molecule has 2 rings (SSSR count). The number of hydrogen-bond acceptors (Lipinski definition) is 3. The molecule has 21 heavy (non-hydrogen) atoms. The van der Waals surface area contributed by atoms with Crippen LogP contribution >= 0.6 is 0 Å². The Morgan fingerprint density at radius 2 is 2.14 bits per heavy atom. The van der Waals surface area contributed by atoms with Crippen LogP contribution in [0.5, 0.6) is 0 Å². The normalized spacial score (nSPS) is 12.6. The minimum absolute atomic E-state index is 0.270. The maximum Gasteiger partial charge on any atom is 0.316 e. The van der Waals surface area contributed by atoms with E-state index in [4.69, 9.17) is 4.74 Å². The van der Waals surface area contributed by atoms with E-state index >= 15 is 0 Å². The molecule has 0 N–H and O–H groups in total. The minimum Gasteiger partial charge on any atom is -0.465 e. The second-order valence-electron chi connectivity index (χ2n) is 4.97. The summed E-state index contributed by atoms with van der Waals surface area (Å²) < 4.78 is 20.6. The maximum atomic E-state index is 13.5. The van der Waals surface area contributed by atoms with Crippen molar-refractivity contribution in [3.8, 4) is 0 Å². The van der Waals surface area contributed by atoms with Crippen molar-refractivity contribution in [2.24, 2.45) is 0 Å². The molecule has 1 aromatic carbocycles. The number of halogens is 1. The zero-order valence-electron chi connectivity index (χ0n) is 12.7. The number of imidazole rings is 1. The molecule has 1 heterocycles. The third kappa shape index (κ3) is 3.06. The zero-order valence-corrected chi connectivity index (χ0v) is 12.7. The van der Waals surface area contributed by atoms with Gasteiger partial charge in [-0.2, -0.15) is 0 Å². The molecule has 0 aliphatic rings. The number of aromatic nitrogens is 2. The molecule has 1 aromatic heterocycles. The molecule has 2 aromatic rings. The number of ether oxygens (including phenoxy) is 1. The Balaban J connectivity index is 2.55. The molecule has 1 atom stereocenters. The van der Waals surface area contributed by atoms with Crippen molar-refractivity contribution < 1.29 is 13.9 Å². The SMILES string of the molecule is CCCn1c(C(CC)C(=O)OCC)nc2ccc(F)cc21. The van der Waals surface area contributed by atoms with Crippen LogP contribution in [0.2, 0.25) is 0 Å². The van der Waals surface area contributed by atoms with E-state index in [9.17, 15) is 9.18 Å². The number of nitrogens with zero attached hydrogens (tertiary/aromatic N) is 2. The third-order valence-corrected chi connectivity index (χ3v) is 3.48. The zero-order chi connectivity index (χ0) is 15.4. The third-order valence-electron chi connectivity index (χ3n) is 3.48. The van der Waals surface area contributed by atoms with Crippen LogP contribution in [0.1, 0.15) is 45.4 Å². The van der Waals surface area contributed by atoms with E-state index < -0.39 is 5.92 Å². The molecule has 0 radical (unpaired) electrons. The van der Waals surface area contributed by atoms with Gasteiger partial charge in [0.15, 0.2) is 0 Å². The van der Waals surface area contributed by atoms with Gasteiger partial charge in [-0.25, -0.2) is 9.37 Å². The predicted molar refractivity (Wildman–Crippen MR) is 79.6 cm³/mol. The van der Waals surface area contributed by atoms with Gasteiger partial charge in [-0.15, -0.1) is 0 Å². The van der Waals surface area contributed by atoms with Crippen LogP contribution in [-0.4, -0.2) is 22.1 Å². The molecule has 0 spiro atoms. The van der Waals surface area contributed by atoms with Gasteiger partial charge in [-0.3, -0.25) is 4.79 Å². The Labute approximate surface area is 123 Å². The van der Waals surface area contributed by atoms with Crippen molar-refractivity contribution in [3.63, 3.8) is 0 Å². The van der Waals surface area contributed by atoms with E-state index in [-0.39, 0.29) is 11.8 Å². The van der Waals surface area contributed by atoms with Crippen molar-refractivity contribution in [1.82, 2.24) is 9.55 Å². The van der Waals surface area contributed by atoms with Gasteiger partial charge in [-0.05, 0) is 38.0 Å². The van der Waals surface area contributed by atoms with E-state index in [1.165, 1.54) is 12.1 Å². The second-order valence-corrected chi connectivity index (χ2v) is 4.97. The summed E-state index contributed by atoms with van der Waals surface area (Å²) in [5.41, 5.74) is 1.44. The molecular formula is C16H21FN2O2. The van der Waals surface area contributed by atoms with Crippen LogP contribution < -0.4 is 0 Å². The summed E-state index contributed by atoms with van der Waals surface area (Å²) >= 11 is 0. The Kier molecular flexibility index (Phi) is 4.94. The lowest BCUT2D eigenvalue weighted by molar-refractivity contribution is -0.145. The summed E-state index contributed by atoms with van der Waals surface area (Å²) in [4.78, 5) is 16.7. The first-order valence-electron chi connectivity index (χ1n) is 7.44. The molecule has 0 saturated carbocycles. The van der Waals surface area contributed by atoms with Crippen molar-refractivity contribution >= 4 is 17.0 Å². The van der Waals surface area contributed by atoms with Crippen LogP contribution in [0, 0.1) is 5.82 Å². The Bertz CT molecular complexity index is 636. The molecule has 4 nitrogen and oxygen atoms in total. The van der Waals surface area contributed by atoms with Gasteiger partial charge in [0, 0.05) is 6.54 Å². The van der Waals surface area contributed by atoms with Crippen LogP contribution in [0.3, 0.4) is 0 Å². The van der Waals surface area contributed by atoms with Crippen molar-refractivity contribution in [3.05, 3.63) is 29.8 Å². The Morgan fingerprint density at radius 1 is 1.38 bits per heavy atom. The molecule has 1 unspecified atom stereocenters. The van der Waals surface area contributed by atoms with Crippen molar-refractivity contribution in [2.45, 2.75) is 46.1 Å². The fourth-order valence-corrected chi connectivity index (χ4v) is 2.54. The summed E-state index contributed by atoms with van der Waals surface area (Å²) in [6.07, 6.45) is 1.49. The first-order chi connectivity index (χ1) is 10.1. The highest BCUT2D eigenvalue weighted by Gasteiger charge is 2.26. The maximum absolute atomic E-state index is 13.5. The summed E-state index contributed by atoms with van der Waals surface area (Å²) in [6, 6.07) is 4.51. The van der Waals surface area contributed by atoms with Crippen LogP contribution in [0.25, 0.3) is 11.0 Å². The number of benzene rings is 1. The molecule has 5 heteroatoms. The second kappa shape index (κ2) is 6.70. The summed E-state index contributed by atoms with van der Waals surface area (Å²) in [7, 11) is 0. The monoisotopic (exact) mass is 292 g/mol. The highest BCUT2D eigenvalue weighted by molar-refractivity contribution is 5.81. The fourth-order valence-electron chi connectivity index (χ4n) is 2.54. The van der Waals surface area contributed by atoms with Gasteiger partial charge in [0.25, 0.3) is 0 Å². The van der Waals surface area contributed by atoms with E-state index in [0.29, 0.717) is 30.9 Å². The summed E-state index contributed by atoms with van der Waals surface area (Å²) in [5.74, 6) is -0.311. The van der Waals surface area contributed by atoms with Crippen molar-refractivity contribution in [2.75, 3.05) is 6.61 Å². The number of carbonyl (C=O) groups excluding carboxylic acids is 1. The quantitative estimate of drug-likeness (QED) is 0.763. The minimum atomic E-state index is -0.410. The number of rotatable bonds is 6. The molecule has 0 fully saturated rings. The average molecular weight is 292 g/mol. The summed E-state index contributed by atoms with van der Waals surface area (Å²) in [6.45, 7) is 6.80. The number of carbonyl (C=O) groups is 1. The Morgan fingerprint density at radius 3 is 2.76 bits per heavy atom. The first kappa shape index (κ1) is 15.5. The number of hydrogen-bond donors (Lipinski definition) is 0. The molecule has 114 valence electrons. The highest BCUT2D eigenvalue weighted by Crippen LogP contribution is 2.26. The topological polar surface area (TPSA) is 44.1 Å². The largest absolute Gasteiger partial charge is 0.465 e. The van der Waals surface area contributed by atoms with Crippen LogP contribution in [0.4, 0.5) is 4.39 Å². The van der Waals surface area contributed by atoms with Gasteiger partial charge in [-0.1, -0.05) is 13.8 Å². The van der Waals surface area contributed by atoms with Gasteiger partial charge in [0.05, 0.1) is 17.6 Å². The first-order valence-corrected chi connectivity index (χ1v) is 7.44. The lowest BCUT2D eigenvalue weighted by Crippen LogP contribution is -2.19. The van der Waals surface area contributed by atoms with Crippen LogP contribution in [0.15, 0.2) is 18.2 Å². The van der Waals surface area contributed by atoms with E-state index in [0.717, 1.165) is 11.9 Å². The van der Waals surface area contributed by atoms with Gasteiger partial charge in [0.1, 0.15) is 17.6 Å². The predicted octanol–water partition coefficient (Wildman–Crippen LogP) is 3.64. The smallest absolute Gasteiger partial charge is 0.316 e. The number of esters is 1. The molecular weight excluding hydrogens is 271 g/mol. The number of fused-ring (bicyclic) bond motifs is 1. The molecule has 0 bridgehead atoms. The van der Waals surface area contributed by atoms with E-state index in [1.54, 1.807) is 13.0 Å². The lowest BCUT2D eigenvalue weighted by atomic mass is 10.1. The average Bonchev–Trinajstić information content (AvgIpc) is 2.79. The van der Waals surface area contributed by atoms with Gasteiger partial charge in [0.2, 0.25) is 0 Å². The fraction of sp³-hybridized carbons (Fsp3) is 0.500. The molecule has 0 saturated heterocycles. The van der Waals surface area contributed by atoms with Crippen LogP contribution in [-0.2, 0) is 16.1 Å². The van der Waals surface area contributed by atoms with E-state index in [1.807, 2.05) is 18.4 Å². The van der Waals surface area contributed by atoms with Crippen molar-refractivity contribution in [1.29, 1.82) is 0 Å². The Hall–Kier alpha value is -1.91. The number of aryl methyl sites for hydroxylation is 1. The van der Waals surface area contributed by atoms with E-state index in [2.05, 4.69) is 4.98 Å². The van der Waals surface area contributed by atoms with Gasteiger partial charge < -0.3 is 9.30 Å². The summed E-state index contributed by atoms with van der Waals surface area (Å²) in [5, 5.41) is 0. The molecule has 0 amide bonds. The molecule has 0 aliphatic carbocycles. The van der Waals surface area contributed by atoms with Gasteiger partial charge >= 0.3 is 5.97 Å². The lowest BCUT2D eigenvalue weighted by Gasteiger charge is -2.15. The highest BCUT2D eigenvalue weighted by atomic mass is 19.1. The standard InChI is InChI=1S/C16H21FN2O2/c1-4-9-19-14-10-11(17)7-8-13(14)18-15(19)12(5-2)16(20)21-6-3/h7-8,10,12H,4-6,9H2,1-3H3.